The number of hydrogen-bond donors (Lipinski definition) is 1. The van der Waals surface area contributed by atoms with E-state index in [9.17, 15) is 0 Å². The van der Waals surface area contributed by atoms with Gasteiger partial charge in [-0.25, -0.2) is 4.98 Å². The Bertz CT molecular complexity index is 850. The van der Waals surface area contributed by atoms with Gasteiger partial charge in [0, 0.05) is 50.2 Å². The van der Waals surface area contributed by atoms with Gasteiger partial charge in [-0.2, -0.15) is 0 Å². The van der Waals surface area contributed by atoms with Crippen LogP contribution in [0.2, 0.25) is 10.0 Å². The van der Waals surface area contributed by atoms with Crippen LogP contribution in [0.1, 0.15) is 30.3 Å². The van der Waals surface area contributed by atoms with Crippen molar-refractivity contribution in [2.24, 2.45) is 0 Å². The SMILES string of the molecule is CCCN(CCN1CCN(c2cccc(Cl)c2Cl)CC1)[C@@H]1CCc2nc(N)sc2C1. The van der Waals surface area contributed by atoms with Gasteiger partial charge in [0.05, 0.1) is 21.4 Å². The van der Waals surface area contributed by atoms with Gasteiger partial charge in [-0.15, -0.1) is 11.3 Å². The molecule has 1 saturated heterocycles. The number of aromatic nitrogens is 1. The van der Waals surface area contributed by atoms with Crippen LogP contribution in [0.3, 0.4) is 0 Å². The van der Waals surface area contributed by atoms with Gasteiger partial charge in [-0.05, 0) is 44.4 Å². The van der Waals surface area contributed by atoms with Crippen molar-refractivity contribution in [2.45, 2.75) is 38.6 Å². The first-order valence-electron chi connectivity index (χ1n) is 10.9. The van der Waals surface area contributed by atoms with Gasteiger partial charge in [0.15, 0.2) is 5.13 Å². The predicted molar refractivity (Wildman–Crippen MR) is 129 cm³/mol. The maximum atomic E-state index is 6.42. The number of thiazole rings is 1. The number of anilines is 2. The van der Waals surface area contributed by atoms with E-state index in [0.29, 0.717) is 16.1 Å². The molecule has 2 aromatic rings. The molecule has 1 fully saturated rings. The zero-order chi connectivity index (χ0) is 21.1. The third-order valence-electron chi connectivity index (χ3n) is 6.31. The Balaban J connectivity index is 1.29. The minimum absolute atomic E-state index is 0.615. The molecule has 0 radical (unpaired) electrons. The maximum Gasteiger partial charge on any atom is 0.180 e. The van der Waals surface area contributed by atoms with Gasteiger partial charge in [-0.3, -0.25) is 9.80 Å². The van der Waals surface area contributed by atoms with Crippen LogP contribution in [0.5, 0.6) is 0 Å². The molecule has 0 saturated carbocycles. The largest absolute Gasteiger partial charge is 0.375 e. The van der Waals surface area contributed by atoms with Crippen molar-refractivity contribution in [3.8, 4) is 0 Å². The van der Waals surface area contributed by atoms with E-state index in [-0.39, 0.29) is 0 Å². The second-order valence-electron chi connectivity index (χ2n) is 8.26. The van der Waals surface area contributed by atoms with Crippen molar-refractivity contribution in [1.29, 1.82) is 0 Å². The lowest BCUT2D eigenvalue weighted by atomic mass is 9.96. The molecule has 1 aromatic heterocycles. The summed E-state index contributed by atoms with van der Waals surface area (Å²) < 4.78 is 0. The number of fused-ring (bicyclic) bond motifs is 1. The minimum atomic E-state index is 0.615. The number of rotatable bonds is 7. The highest BCUT2D eigenvalue weighted by molar-refractivity contribution is 7.15. The standard InChI is InChI=1S/C22H31Cl2N5S/c1-2-8-28(16-6-7-18-20(15-16)30-22(25)26-18)12-9-27-10-13-29(14-11-27)19-5-3-4-17(23)21(19)24/h3-5,16H,2,6-15H2,1H3,(H2,25,26)/t16-/m1/s1. The summed E-state index contributed by atoms with van der Waals surface area (Å²) in [5.41, 5.74) is 8.22. The smallest absolute Gasteiger partial charge is 0.180 e. The molecule has 164 valence electrons. The number of nitrogens with zero attached hydrogens (tertiary/aromatic N) is 4. The molecule has 8 heteroatoms. The number of nitrogens with two attached hydrogens (primary N) is 1. The molecule has 1 atom stereocenters. The number of nitrogen functional groups attached to an aromatic ring is 1. The lowest BCUT2D eigenvalue weighted by Gasteiger charge is -2.39. The summed E-state index contributed by atoms with van der Waals surface area (Å²) in [6, 6.07) is 6.51. The fourth-order valence-corrected chi connectivity index (χ4v) is 6.04. The Morgan fingerprint density at radius 3 is 2.77 bits per heavy atom. The van der Waals surface area contributed by atoms with Crippen LogP contribution in [0.15, 0.2) is 18.2 Å². The summed E-state index contributed by atoms with van der Waals surface area (Å²) in [4.78, 5) is 13.5. The first-order chi connectivity index (χ1) is 14.5. The first kappa shape index (κ1) is 22.2. The van der Waals surface area contributed by atoms with E-state index in [1.54, 1.807) is 11.3 Å². The number of piperazine rings is 1. The summed E-state index contributed by atoms with van der Waals surface area (Å²) in [5, 5.41) is 2.02. The molecule has 0 amide bonds. The van der Waals surface area contributed by atoms with Gasteiger partial charge in [0.2, 0.25) is 0 Å². The zero-order valence-corrected chi connectivity index (χ0v) is 19.9. The van der Waals surface area contributed by atoms with Crippen molar-refractivity contribution in [1.82, 2.24) is 14.8 Å². The molecule has 2 N–H and O–H groups in total. The van der Waals surface area contributed by atoms with Crippen LogP contribution in [0, 0.1) is 0 Å². The normalized spacial score (nSPS) is 20.0. The molecule has 1 aliphatic heterocycles. The monoisotopic (exact) mass is 467 g/mol. The molecule has 1 aromatic carbocycles. The molecule has 2 aliphatic rings. The van der Waals surface area contributed by atoms with Gasteiger partial charge in [0.25, 0.3) is 0 Å². The number of halogens is 2. The van der Waals surface area contributed by atoms with E-state index >= 15 is 0 Å². The van der Waals surface area contributed by atoms with Crippen molar-refractivity contribution in [3.63, 3.8) is 0 Å². The highest BCUT2D eigenvalue weighted by Gasteiger charge is 2.27. The molecule has 0 bridgehead atoms. The van der Waals surface area contributed by atoms with E-state index in [1.807, 2.05) is 12.1 Å². The van der Waals surface area contributed by atoms with Crippen molar-refractivity contribution < 1.29 is 0 Å². The number of aryl methyl sites for hydroxylation is 1. The average molecular weight is 468 g/mol. The molecule has 4 rings (SSSR count). The maximum absolute atomic E-state index is 6.42. The van der Waals surface area contributed by atoms with Gasteiger partial charge < -0.3 is 10.6 Å². The molecule has 0 spiro atoms. The lowest BCUT2D eigenvalue weighted by Crippen LogP contribution is -2.50. The minimum Gasteiger partial charge on any atom is -0.375 e. The number of hydrogen-bond acceptors (Lipinski definition) is 6. The van der Waals surface area contributed by atoms with Crippen molar-refractivity contribution >= 4 is 45.4 Å². The Hall–Kier alpha value is -1.05. The summed E-state index contributed by atoms with van der Waals surface area (Å²) in [6.07, 6.45) is 4.55. The third kappa shape index (κ3) is 5.05. The first-order valence-corrected chi connectivity index (χ1v) is 12.5. The fourth-order valence-electron chi connectivity index (χ4n) is 4.67. The second-order valence-corrected chi connectivity index (χ2v) is 10.2. The molecule has 0 unspecified atom stereocenters. The highest BCUT2D eigenvalue weighted by Crippen LogP contribution is 2.33. The summed E-state index contributed by atoms with van der Waals surface area (Å²) in [5.74, 6) is 0. The number of benzene rings is 1. The molecular weight excluding hydrogens is 437 g/mol. The van der Waals surface area contributed by atoms with Crippen LogP contribution < -0.4 is 10.6 Å². The Morgan fingerprint density at radius 2 is 2.00 bits per heavy atom. The van der Waals surface area contributed by atoms with Crippen LogP contribution in [-0.2, 0) is 12.8 Å². The van der Waals surface area contributed by atoms with E-state index in [2.05, 4.69) is 32.7 Å². The Morgan fingerprint density at radius 1 is 1.20 bits per heavy atom. The van der Waals surface area contributed by atoms with Crippen molar-refractivity contribution in [2.75, 3.05) is 56.4 Å². The summed E-state index contributed by atoms with van der Waals surface area (Å²) >= 11 is 14.3. The molecule has 1 aliphatic carbocycles. The quantitative estimate of drug-likeness (QED) is 0.652. The van der Waals surface area contributed by atoms with Crippen molar-refractivity contribution in [3.05, 3.63) is 38.8 Å². The zero-order valence-electron chi connectivity index (χ0n) is 17.6. The molecule has 30 heavy (non-hydrogen) atoms. The molecule has 2 heterocycles. The fraction of sp³-hybridized carbons (Fsp3) is 0.591. The Kier molecular flexibility index (Phi) is 7.42. The topological polar surface area (TPSA) is 48.6 Å². The van der Waals surface area contributed by atoms with Crippen LogP contribution >= 0.6 is 34.5 Å². The predicted octanol–water partition coefficient (Wildman–Crippen LogP) is 4.42. The average Bonchev–Trinajstić information content (AvgIpc) is 3.13. The van der Waals surface area contributed by atoms with E-state index in [0.717, 1.165) is 69.5 Å². The molecular formula is C22H31Cl2N5S. The highest BCUT2D eigenvalue weighted by atomic mass is 35.5. The van der Waals surface area contributed by atoms with E-state index in [1.165, 1.54) is 23.4 Å². The van der Waals surface area contributed by atoms with Crippen LogP contribution in [0.25, 0.3) is 0 Å². The van der Waals surface area contributed by atoms with Gasteiger partial charge in [0.1, 0.15) is 0 Å². The summed E-state index contributed by atoms with van der Waals surface area (Å²) in [6.45, 7) is 9.77. The third-order valence-corrected chi connectivity index (χ3v) is 8.06. The second kappa shape index (κ2) is 10.0. The van der Waals surface area contributed by atoms with Crippen LogP contribution in [-0.4, -0.2) is 66.6 Å². The lowest BCUT2D eigenvalue weighted by molar-refractivity contribution is 0.146. The summed E-state index contributed by atoms with van der Waals surface area (Å²) in [7, 11) is 0. The van der Waals surface area contributed by atoms with E-state index in [4.69, 9.17) is 28.9 Å². The van der Waals surface area contributed by atoms with Gasteiger partial charge >= 0.3 is 0 Å². The van der Waals surface area contributed by atoms with E-state index < -0.39 is 0 Å². The van der Waals surface area contributed by atoms with Gasteiger partial charge in [-0.1, -0.05) is 36.2 Å². The Labute approximate surface area is 193 Å². The van der Waals surface area contributed by atoms with Crippen LogP contribution in [0.4, 0.5) is 10.8 Å². The molecule has 5 nitrogen and oxygen atoms in total.